The molecule has 0 spiro atoms. The van der Waals surface area contributed by atoms with Crippen LogP contribution >= 0.6 is 0 Å². The van der Waals surface area contributed by atoms with Crippen LogP contribution in [-0.4, -0.2) is 49.2 Å². The topological polar surface area (TPSA) is 93.9 Å². The van der Waals surface area contributed by atoms with Gasteiger partial charge in [0, 0.05) is 26.3 Å². The highest BCUT2D eigenvalue weighted by Crippen LogP contribution is 2.14. The number of benzene rings is 2. The normalized spacial score (nSPS) is 10.6. The van der Waals surface area contributed by atoms with Crippen LogP contribution in [0.4, 0.5) is 0 Å². The Labute approximate surface area is 193 Å². The van der Waals surface area contributed by atoms with Gasteiger partial charge in [0.1, 0.15) is 12.4 Å². The van der Waals surface area contributed by atoms with Gasteiger partial charge in [-0.2, -0.15) is 0 Å². The molecule has 0 radical (unpaired) electrons. The van der Waals surface area contributed by atoms with Crippen LogP contribution in [0, 0.1) is 6.92 Å². The predicted octanol–water partition coefficient (Wildman–Crippen LogP) is 3.14. The van der Waals surface area contributed by atoms with E-state index in [0.717, 1.165) is 22.4 Å². The second-order valence-corrected chi connectivity index (χ2v) is 7.69. The fourth-order valence-electron chi connectivity index (χ4n) is 3.22. The van der Waals surface area contributed by atoms with Gasteiger partial charge in [-0.25, -0.2) is 0 Å². The molecule has 33 heavy (non-hydrogen) atoms. The van der Waals surface area contributed by atoms with E-state index >= 15 is 0 Å². The van der Waals surface area contributed by atoms with Gasteiger partial charge in [0.15, 0.2) is 11.5 Å². The maximum Gasteiger partial charge on any atom is 0.273 e. The Hall–Kier alpha value is -3.65. The molecule has 1 N–H and O–H groups in total. The van der Waals surface area contributed by atoms with Crippen LogP contribution in [0.5, 0.6) is 5.75 Å². The van der Waals surface area contributed by atoms with Crippen molar-refractivity contribution in [3.8, 4) is 5.75 Å². The number of methoxy groups -OCH3 is 2. The van der Waals surface area contributed by atoms with Gasteiger partial charge in [-0.05, 0) is 36.6 Å². The minimum atomic E-state index is -0.335. The van der Waals surface area contributed by atoms with Crippen LogP contribution in [0.1, 0.15) is 32.9 Å². The van der Waals surface area contributed by atoms with Crippen LogP contribution in [-0.2, 0) is 29.0 Å². The molecular weight excluding hydrogens is 422 g/mol. The lowest BCUT2D eigenvalue weighted by Gasteiger charge is -2.21. The molecule has 2 aromatic carbocycles. The minimum Gasteiger partial charge on any atom is -0.497 e. The number of nitrogens with one attached hydrogen (secondary N) is 1. The molecule has 0 atom stereocenters. The second kappa shape index (κ2) is 11.8. The monoisotopic (exact) mass is 451 g/mol. The van der Waals surface area contributed by atoms with E-state index in [9.17, 15) is 9.59 Å². The number of nitrogens with zero attached hydrogens (tertiary/aromatic N) is 2. The summed E-state index contributed by atoms with van der Waals surface area (Å²) in [6, 6.07) is 17.2. The first kappa shape index (κ1) is 24.0. The highest BCUT2D eigenvalue weighted by molar-refractivity contribution is 5.92. The Bertz CT molecular complexity index is 1040. The van der Waals surface area contributed by atoms with E-state index in [1.807, 2.05) is 55.5 Å². The molecule has 8 heteroatoms. The standard InChI is InChI=1S/C25H29N3O5/c1-18-4-6-20(7-5-18)15-26-25(30)23-14-22(33-27-23)16-28(24(29)17-31-2)13-12-19-8-10-21(32-3)11-9-19/h4-11,14H,12-13,15-17H2,1-3H3,(H,26,30). The number of aryl methyl sites for hydroxylation is 1. The molecular formula is C25H29N3O5. The van der Waals surface area contributed by atoms with Crippen LogP contribution < -0.4 is 10.1 Å². The van der Waals surface area contributed by atoms with Crippen LogP contribution in [0.15, 0.2) is 59.1 Å². The van der Waals surface area contributed by atoms with Gasteiger partial charge in [0.2, 0.25) is 5.91 Å². The largest absolute Gasteiger partial charge is 0.497 e. The molecule has 1 heterocycles. The molecule has 8 nitrogen and oxygen atoms in total. The summed E-state index contributed by atoms with van der Waals surface area (Å²) in [5, 5.41) is 6.70. The lowest BCUT2D eigenvalue weighted by Crippen LogP contribution is -2.35. The molecule has 0 aliphatic heterocycles. The van der Waals surface area contributed by atoms with Gasteiger partial charge in [-0.3, -0.25) is 9.59 Å². The average Bonchev–Trinajstić information content (AvgIpc) is 3.30. The third-order valence-corrected chi connectivity index (χ3v) is 5.16. The summed E-state index contributed by atoms with van der Waals surface area (Å²) in [6.07, 6.45) is 0.650. The molecule has 2 amide bonds. The first-order chi connectivity index (χ1) is 16.0. The zero-order chi connectivity index (χ0) is 23.6. The number of amides is 2. The van der Waals surface area contributed by atoms with Gasteiger partial charge in [0.25, 0.3) is 5.91 Å². The molecule has 0 aliphatic carbocycles. The Morgan fingerprint density at radius 1 is 1.03 bits per heavy atom. The summed E-state index contributed by atoms with van der Waals surface area (Å²) in [6.45, 7) is 3.01. The quantitative estimate of drug-likeness (QED) is 0.481. The summed E-state index contributed by atoms with van der Waals surface area (Å²) in [4.78, 5) is 26.6. The molecule has 3 rings (SSSR count). The van der Waals surface area contributed by atoms with E-state index < -0.39 is 0 Å². The zero-order valence-corrected chi connectivity index (χ0v) is 19.2. The van der Waals surface area contributed by atoms with Crippen molar-refractivity contribution in [2.24, 2.45) is 0 Å². The van der Waals surface area contributed by atoms with Crippen molar-refractivity contribution >= 4 is 11.8 Å². The zero-order valence-electron chi connectivity index (χ0n) is 19.2. The van der Waals surface area contributed by atoms with Gasteiger partial charge in [0.05, 0.1) is 13.7 Å². The van der Waals surface area contributed by atoms with Gasteiger partial charge < -0.3 is 24.2 Å². The van der Waals surface area contributed by atoms with E-state index in [2.05, 4.69) is 10.5 Å². The molecule has 0 saturated heterocycles. The lowest BCUT2D eigenvalue weighted by molar-refractivity contribution is -0.136. The van der Waals surface area contributed by atoms with Crippen molar-refractivity contribution < 1.29 is 23.6 Å². The molecule has 3 aromatic rings. The molecule has 0 aliphatic rings. The maximum atomic E-state index is 12.5. The molecule has 0 bridgehead atoms. The van der Waals surface area contributed by atoms with E-state index in [1.54, 1.807) is 18.1 Å². The van der Waals surface area contributed by atoms with E-state index in [-0.39, 0.29) is 30.7 Å². The Morgan fingerprint density at radius 3 is 2.39 bits per heavy atom. The summed E-state index contributed by atoms with van der Waals surface area (Å²) in [7, 11) is 3.10. The Balaban J connectivity index is 1.59. The van der Waals surface area contributed by atoms with Crippen LogP contribution in [0.2, 0.25) is 0 Å². The third-order valence-electron chi connectivity index (χ3n) is 5.16. The van der Waals surface area contributed by atoms with E-state index in [1.165, 1.54) is 7.11 Å². The van der Waals surface area contributed by atoms with Crippen molar-refractivity contribution in [1.82, 2.24) is 15.4 Å². The molecule has 0 unspecified atom stereocenters. The Kier molecular flexibility index (Phi) is 8.60. The van der Waals surface area contributed by atoms with Crippen LogP contribution in [0.3, 0.4) is 0 Å². The summed E-state index contributed by atoms with van der Waals surface area (Å²) in [5.41, 5.74) is 3.39. The molecule has 174 valence electrons. The van der Waals surface area contributed by atoms with Crippen molar-refractivity contribution in [1.29, 1.82) is 0 Å². The van der Waals surface area contributed by atoms with Crippen molar-refractivity contribution in [2.75, 3.05) is 27.4 Å². The molecule has 0 saturated carbocycles. The van der Waals surface area contributed by atoms with E-state index in [0.29, 0.717) is 25.3 Å². The number of aromatic nitrogens is 1. The van der Waals surface area contributed by atoms with Crippen molar-refractivity contribution in [3.05, 3.63) is 82.7 Å². The highest BCUT2D eigenvalue weighted by atomic mass is 16.5. The lowest BCUT2D eigenvalue weighted by atomic mass is 10.1. The fraction of sp³-hybridized carbons (Fsp3) is 0.320. The van der Waals surface area contributed by atoms with Gasteiger partial charge >= 0.3 is 0 Å². The number of rotatable bonds is 11. The minimum absolute atomic E-state index is 0.0410. The third kappa shape index (κ3) is 7.18. The molecule has 1 aromatic heterocycles. The van der Waals surface area contributed by atoms with Gasteiger partial charge in [-0.1, -0.05) is 47.1 Å². The van der Waals surface area contributed by atoms with Crippen molar-refractivity contribution in [3.63, 3.8) is 0 Å². The highest BCUT2D eigenvalue weighted by Gasteiger charge is 2.18. The first-order valence-electron chi connectivity index (χ1n) is 10.7. The predicted molar refractivity (Wildman–Crippen MR) is 123 cm³/mol. The maximum absolute atomic E-state index is 12.5. The van der Waals surface area contributed by atoms with Crippen LogP contribution in [0.25, 0.3) is 0 Å². The summed E-state index contributed by atoms with van der Waals surface area (Å²) in [5.74, 6) is 0.696. The number of ether oxygens (including phenoxy) is 2. The smallest absolute Gasteiger partial charge is 0.273 e. The Morgan fingerprint density at radius 2 is 1.73 bits per heavy atom. The second-order valence-electron chi connectivity index (χ2n) is 7.69. The number of hydrogen-bond acceptors (Lipinski definition) is 6. The fourth-order valence-corrected chi connectivity index (χ4v) is 3.22. The summed E-state index contributed by atoms with van der Waals surface area (Å²) < 4.78 is 15.5. The SMILES string of the molecule is COCC(=O)N(CCc1ccc(OC)cc1)Cc1cc(C(=O)NCc2ccc(C)cc2)no1. The number of carbonyl (C=O) groups excluding carboxylic acids is 2. The number of hydrogen-bond donors (Lipinski definition) is 1. The number of carbonyl (C=O) groups is 2. The first-order valence-corrected chi connectivity index (χ1v) is 10.7. The van der Waals surface area contributed by atoms with Crippen molar-refractivity contribution in [2.45, 2.75) is 26.4 Å². The van der Waals surface area contributed by atoms with E-state index in [4.69, 9.17) is 14.0 Å². The summed E-state index contributed by atoms with van der Waals surface area (Å²) >= 11 is 0. The molecule has 0 fully saturated rings. The average molecular weight is 452 g/mol. The van der Waals surface area contributed by atoms with Gasteiger partial charge in [-0.15, -0.1) is 0 Å².